The number of nitrogens with zero attached hydrogens (tertiary/aromatic N) is 3. The Morgan fingerprint density at radius 1 is 0.872 bits per heavy atom. The molecule has 5 rings (SSSR count). The third kappa shape index (κ3) is 8.87. The summed E-state index contributed by atoms with van der Waals surface area (Å²) < 4.78 is 33.7. The Labute approximate surface area is 273 Å². The molecule has 0 radical (unpaired) electrons. The van der Waals surface area contributed by atoms with Crippen LogP contribution in [-0.2, 0) is 31.8 Å². The Bertz CT molecular complexity index is 1700. The summed E-state index contributed by atoms with van der Waals surface area (Å²) in [4.78, 5) is 36.0. The van der Waals surface area contributed by atoms with Crippen molar-refractivity contribution in [2.75, 3.05) is 57.4 Å². The average molecular weight is 645 g/mol. The number of methoxy groups -OCH3 is 2. The zero-order valence-corrected chi connectivity index (χ0v) is 27.3. The van der Waals surface area contributed by atoms with Gasteiger partial charge in [0.15, 0.2) is 11.5 Å². The average Bonchev–Trinajstić information content (AvgIpc) is 3.45. The summed E-state index contributed by atoms with van der Waals surface area (Å²) in [5.74, 6) is 1.73. The SMILES string of the molecule is COCCOc1cc2ncnc(Oc3ccc(CC(=O)Nc4ccc5c(c4)N(C(=O)OC(C)(C)C)CC5)cc3)c2cc1OCCOC. The molecule has 0 saturated carbocycles. The van der Waals surface area contributed by atoms with E-state index >= 15 is 0 Å². The lowest BCUT2D eigenvalue weighted by molar-refractivity contribution is -0.115. The molecule has 248 valence electrons. The van der Waals surface area contributed by atoms with Crippen LogP contribution in [0.15, 0.2) is 60.9 Å². The van der Waals surface area contributed by atoms with Gasteiger partial charge < -0.3 is 33.7 Å². The molecule has 0 aliphatic carbocycles. The fourth-order valence-electron chi connectivity index (χ4n) is 4.96. The summed E-state index contributed by atoms with van der Waals surface area (Å²) in [6, 6.07) is 16.4. The minimum atomic E-state index is -0.596. The first-order chi connectivity index (χ1) is 22.6. The van der Waals surface area contributed by atoms with Gasteiger partial charge in [-0.2, -0.15) is 0 Å². The number of anilines is 2. The Morgan fingerprint density at radius 3 is 2.26 bits per heavy atom. The summed E-state index contributed by atoms with van der Waals surface area (Å²) in [6.45, 7) is 7.56. The summed E-state index contributed by atoms with van der Waals surface area (Å²) in [5, 5.41) is 3.58. The summed E-state index contributed by atoms with van der Waals surface area (Å²) >= 11 is 0. The molecule has 4 aromatic rings. The molecule has 0 fully saturated rings. The van der Waals surface area contributed by atoms with Gasteiger partial charge in [0.1, 0.15) is 30.9 Å². The van der Waals surface area contributed by atoms with Gasteiger partial charge in [-0.15, -0.1) is 0 Å². The fraction of sp³-hybridized carbons (Fsp3) is 0.371. The minimum Gasteiger partial charge on any atom is -0.487 e. The van der Waals surface area contributed by atoms with Crippen LogP contribution < -0.4 is 24.4 Å². The fourth-order valence-corrected chi connectivity index (χ4v) is 4.96. The maximum absolute atomic E-state index is 12.9. The van der Waals surface area contributed by atoms with Crippen LogP contribution >= 0.6 is 0 Å². The number of carbonyl (C=O) groups excluding carboxylic acids is 2. The third-order valence-corrected chi connectivity index (χ3v) is 7.14. The van der Waals surface area contributed by atoms with E-state index in [9.17, 15) is 9.59 Å². The highest BCUT2D eigenvalue weighted by Gasteiger charge is 2.29. The lowest BCUT2D eigenvalue weighted by Gasteiger charge is -2.25. The number of rotatable bonds is 13. The van der Waals surface area contributed by atoms with Gasteiger partial charge in [-0.25, -0.2) is 14.8 Å². The molecule has 0 bridgehead atoms. The number of aromatic nitrogens is 2. The Kier molecular flexibility index (Phi) is 10.7. The lowest BCUT2D eigenvalue weighted by Crippen LogP contribution is -2.35. The molecular formula is C35H40N4O8. The van der Waals surface area contributed by atoms with Crippen LogP contribution in [0.2, 0.25) is 0 Å². The van der Waals surface area contributed by atoms with Gasteiger partial charge in [0.05, 0.1) is 36.2 Å². The summed E-state index contributed by atoms with van der Waals surface area (Å²) in [6.07, 6.45) is 1.91. The van der Waals surface area contributed by atoms with Gasteiger partial charge in [0, 0.05) is 32.5 Å². The van der Waals surface area contributed by atoms with Crippen molar-refractivity contribution in [3.63, 3.8) is 0 Å². The monoisotopic (exact) mass is 644 g/mol. The van der Waals surface area contributed by atoms with Crippen LogP contribution in [0.3, 0.4) is 0 Å². The molecular weight excluding hydrogens is 604 g/mol. The molecule has 1 aliphatic heterocycles. The molecule has 1 N–H and O–H groups in total. The van der Waals surface area contributed by atoms with E-state index < -0.39 is 11.7 Å². The van der Waals surface area contributed by atoms with Crippen LogP contribution in [0.1, 0.15) is 31.9 Å². The molecule has 1 aliphatic rings. The normalized spacial score (nSPS) is 12.5. The number of hydrogen-bond donors (Lipinski definition) is 1. The number of hydrogen-bond acceptors (Lipinski definition) is 10. The van der Waals surface area contributed by atoms with E-state index in [1.165, 1.54) is 6.33 Å². The molecule has 12 nitrogen and oxygen atoms in total. The number of amides is 2. The summed E-state index contributed by atoms with van der Waals surface area (Å²) in [7, 11) is 3.21. The van der Waals surface area contributed by atoms with Gasteiger partial charge in [-0.3, -0.25) is 9.69 Å². The first kappa shape index (κ1) is 33.4. The quantitative estimate of drug-likeness (QED) is 0.174. The molecule has 1 aromatic heterocycles. The second kappa shape index (κ2) is 15.1. The first-order valence-corrected chi connectivity index (χ1v) is 15.4. The predicted molar refractivity (Wildman–Crippen MR) is 177 cm³/mol. The highest BCUT2D eigenvalue weighted by Crippen LogP contribution is 2.36. The van der Waals surface area contributed by atoms with E-state index in [1.54, 1.807) is 43.4 Å². The van der Waals surface area contributed by atoms with E-state index in [4.69, 9.17) is 28.4 Å². The van der Waals surface area contributed by atoms with Crippen molar-refractivity contribution in [1.82, 2.24) is 9.97 Å². The van der Waals surface area contributed by atoms with Gasteiger partial charge in [-0.1, -0.05) is 18.2 Å². The topological polar surface area (TPSA) is 131 Å². The minimum absolute atomic E-state index is 0.150. The molecule has 2 amide bonds. The molecule has 0 saturated heterocycles. The van der Waals surface area contributed by atoms with E-state index in [-0.39, 0.29) is 12.3 Å². The molecule has 2 heterocycles. The molecule has 3 aromatic carbocycles. The van der Waals surface area contributed by atoms with E-state index in [1.807, 2.05) is 51.1 Å². The van der Waals surface area contributed by atoms with Crippen LogP contribution in [0.25, 0.3) is 10.9 Å². The summed E-state index contributed by atoms with van der Waals surface area (Å²) in [5.41, 5.74) is 3.21. The van der Waals surface area contributed by atoms with Gasteiger partial charge in [-0.05, 0) is 68.7 Å². The number of ether oxygens (including phenoxy) is 6. The van der Waals surface area contributed by atoms with E-state index in [0.29, 0.717) is 72.7 Å². The molecule has 0 spiro atoms. The van der Waals surface area contributed by atoms with Gasteiger partial charge in [0.25, 0.3) is 0 Å². The van der Waals surface area contributed by atoms with Crippen molar-refractivity contribution in [2.45, 2.75) is 39.2 Å². The lowest BCUT2D eigenvalue weighted by atomic mass is 10.1. The Morgan fingerprint density at radius 2 is 1.57 bits per heavy atom. The van der Waals surface area contributed by atoms with E-state index in [0.717, 1.165) is 23.2 Å². The standard InChI is InChI=1S/C35H40N4O8/c1-35(2,3)47-34(41)39-13-12-24-8-9-25(19-29(24)39)38-32(40)18-23-6-10-26(11-7-23)46-33-27-20-30(44-16-14-42-4)31(45-17-15-43-5)21-28(27)36-22-37-33/h6-11,19-22H,12-18H2,1-5H3,(H,38,40). The van der Waals surface area contributed by atoms with Crippen molar-refractivity contribution in [2.24, 2.45) is 0 Å². The van der Waals surface area contributed by atoms with Crippen molar-refractivity contribution >= 4 is 34.3 Å². The second-order valence-electron chi connectivity index (χ2n) is 11.9. The maximum atomic E-state index is 12.9. The number of nitrogens with one attached hydrogen (secondary N) is 1. The van der Waals surface area contributed by atoms with Crippen LogP contribution in [0.5, 0.6) is 23.1 Å². The number of carbonyl (C=O) groups is 2. The smallest absolute Gasteiger partial charge is 0.414 e. The second-order valence-corrected chi connectivity index (χ2v) is 11.9. The van der Waals surface area contributed by atoms with Crippen LogP contribution in [0.4, 0.5) is 16.2 Å². The van der Waals surface area contributed by atoms with Gasteiger partial charge in [0.2, 0.25) is 11.8 Å². The van der Waals surface area contributed by atoms with Crippen LogP contribution in [-0.4, -0.2) is 74.8 Å². The zero-order valence-electron chi connectivity index (χ0n) is 27.3. The maximum Gasteiger partial charge on any atom is 0.414 e. The zero-order chi connectivity index (χ0) is 33.4. The molecule has 0 atom stereocenters. The van der Waals surface area contributed by atoms with E-state index in [2.05, 4.69) is 15.3 Å². The van der Waals surface area contributed by atoms with Crippen molar-refractivity contribution in [1.29, 1.82) is 0 Å². The number of benzene rings is 3. The first-order valence-electron chi connectivity index (χ1n) is 15.4. The highest BCUT2D eigenvalue weighted by molar-refractivity contribution is 5.95. The number of fused-ring (bicyclic) bond motifs is 2. The molecule has 12 heteroatoms. The Hall–Kier alpha value is -4.94. The third-order valence-electron chi connectivity index (χ3n) is 7.14. The predicted octanol–water partition coefficient (Wildman–Crippen LogP) is 5.95. The Balaban J connectivity index is 1.24. The molecule has 47 heavy (non-hydrogen) atoms. The largest absolute Gasteiger partial charge is 0.487 e. The van der Waals surface area contributed by atoms with Crippen molar-refractivity contribution in [3.05, 3.63) is 72.1 Å². The van der Waals surface area contributed by atoms with Gasteiger partial charge >= 0.3 is 6.09 Å². The van der Waals surface area contributed by atoms with Crippen molar-refractivity contribution < 1.29 is 38.0 Å². The van der Waals surface area contributed by atoms with Crippen molar-refractivity contribution in [3.8, 4) is 23.1 Å². The molecule has 0 unspecified atom stereocenters. The van der Waals surface area contributed by atoms with Crippen LogP contribution in [0, 0.1) is 0 Å². The highest BCUT2D eigenvalue weighted by atomic mass is 16.6.